The van der Waals surface area contributed by atoms with Gasteiger partial charge in [-0.3, -0.25) is 9.52 Å². The first-order chi connectivity index (χ1) is 16.2. The largest absolute Gasteiger partial charge is 0.433 e. The van der Waals surface area contributed by atoms with E-state index in [1.165, 1.54) is 18.2 Å². The molecule has 0 aliphatic heterocycles. The zero-order valence-corrected chi connectivity index (χ0v) is 20.4. The Morgan fingerprint density at radius 1 is 1.23 bits per heavy atom. The molecule has 0 bridgehead atoms. The average molecular weight is 514 g/mol. The second-order valence-electron chi connectivity index (χ2n) is 8.82. The number of nitrogens with one attached hydrogen (secondary N) is 2. The number of sulfonamides is 1. The van der Waals surface area contributed by atoms with Gasteiger partial charge in [0.1, 0.15) is 11.5 Å². The van der Waals surface area contributed by atoms with Gasteiger partial charge in [-0.15, -0.1) is 0 Å². The number of amides is 1. The van der Waals surface area contributed by atoms with Crippen LogP contribution >= 0.6 is 0 Å². The van der Waals surface area contributed by atoms with E-state index in [1.54, 1.807) is 6.92 Å². The number of hydrogen-bond acceptors (Lipinski definition) is 4. The number of anilines is 1. The van der Waals surface area contributed by atoms with Crippen molar-refractivity contribution < 1.29 is 30.8 Å². The number of aromatic nitrogens is 1. The van der Waals surface area contributed by atoms with Crippen LogP contribution in [0.3, 0.4) is 0 Å². The molecular weight excluding hydrogens is 486 g/mol. The molecule has 1 amide bonds. The number of allylic oxidation sites excluding steroid dienone is 2. The summed E-state index contributed by atoms with van der Waals surface area (Å²) in [5.74, 6) is -1.88. The van der Waals surface area contributed by atoms with Crippen LogP contribution in [0.5, 0.6) is 0 Å². The lowest BCUT2D eigenvalue weighted by molar-refractivity contribution is -0.141. The number of carbonyl (C=O) groups is 1. The molecule has 0 spiro atoms. The maximum absolute atomic E-state index is 14.3. The highest BCUT2D eigenvalue weighted by molar-refractivity contribution is 7.92. The van der Waals surface area contributed by atoms with Crippen molar-refractivity contribution >= 4 is 27.2 Å². The lowest BCUT2D eigenvalue weighted by atomic mass is 9.88. The Kier molecular flexibility index (Phi) is 7.88. The van der Waals surface area contributed by atoms with Gasteiger partial charge >= 0.3 is 6.18 Å². The summed E-state index contributed by atoms with van der Waals surface area (Å²) in [6.45, 7) is 3.49. The molecule has 2 N–H and O–H groups in total. The number of alkyl halides is 3. The molecule has 1 aromatic heterocycles. The highest BCUT2D eigenvalue weighted by atomic mass is 32.2. The number of pyridine rings is 1. The van der Waals surface area contributed by atoms with Crippen molar-refractivity contribution in [1.29, 1.82) is 0 Å². The van der Waals surface area contributed by atoms with Crippen molar-refractivity contribution in [3.8, 4) is 0 Å². The van der Waals surface area contributed by atoms with Crippen molar-refractivity contribution in [2.45, 2.75) is 51.7 Å². The molecule has 2 aromatic rings. The van der Waals surface area contributed by atoms with Gasteiger partial charge < -0.3 is 5.32 Å². The van der Waals surface area contributed by atoms with Gasteiger partial charge in [-0.2, -0.15) is 13.2 Å². The SMILES string of the molecule is CC1C=C(c2nc(C(F)(F)F)ccc2CNC(=O)C(C)c2ccc(NS(C)(=O)=O)c(F)c2)CCC1. The van der Waals surface area contributed by atoms with Crippen LogP contribution in [-0.4, -0.2) is 25.6 Å². The predicted octanol–water partition coefficient (Wildman–Crippen LogP) is 5.23. The lowest BCUT2D eigenvalue weighted by Crippen LogP contribution is -2.28. The van der Waals surface area contributed by atoms with Gasteiger partial charge in [0.05, 0.1) is 23.6 Å². The van der Waals surface area contributed by atoms with E-state index in [0.29, 0.717) is 17.5 Å². The molecule has 0 fully saturated rings. The molecule has 1 aromatic carbocycles. The molecule has 1 aliphatic carbocycles. The first kappa shape index (κ1) is 26.7. The van der Waals surface area contributed by atoms with E-state index >= 15 is 0 Å². The van der Waals surface area contributed by atoms with Crippen LogP contribution in [0, 0.1) is 11.7 Å². The summed E-state index contributed by atoms with van der Waals surface area (Å²) in [7, 11) is -3.67. The number of rotatable bonds is 7. The first-order valence-electron chi connectivity index (χ1n) is 11.1. The van der Waals surface area contributed by atoms with Gasteiger partial charge in [0.2, 0.25) is 15.9 Å². The molecular formula is C24H27F4N3O3S. The zero-order chi connectivity index (χ0) is 26.0. The van der Waals surface area contributed by atoms with Gasteiger partial charge in [0, 0.05) is 6.54 Å². The second-order valence-corrected chi connectivity index (χ2v) is 10.6. The minimum atomic E-state index is -4.59. The molecule has 11 heteroatoms. The van der Waals surface area contributed by atoms with Gasteiger partial charge in [-0.1, -0.05) is 25.1 Å². The van der Waals surface area contributed by atoms with Crippen LogP contribution in [0.25, 0.3) is 5.57 Å². The Balaban J connectivity index is 1.80. The normalized spacial score (nSPS) is 17.5. The Labute approximate surface area is 201 Å². The number of hydrogen-bond donors (Lipinski definition) is 2. The topological polar surface area (TPSA) is 88.2 Å². The molecule has 0 saturated heterocycles. The van der Waals surface area contributed by atoms with E-state index in [-0.39, 0.29) is 23.8 Å². The fourth-order valence-electron chi connectivity index (χ4n) is 3.96. The fraction of sp³-hybridized carbons (Fsp3) is 0.417. The van der Waals surface area contributed by atoms with Crippen LogP contribution in [0.1, 0.15) is 61.5 Å². The van der Waals surface area contributed by atoms with Crippen molar-refractivity contribution in [3.63, 3.8) is 0 Å². The maximum atomic E-state index is 14.3. The summed E-state index contributed by atoms with van der Waals surface area (Å²) in [6, 6.07) is 5.94. The summed E-state index contributed by atoms with van der Waals surface area (Å²) < 4.78 is 78.9. The maximum Gasteiger partial charge on any atom is 0.433 e. The van der Waals surface area contributed by atoms with Gasteiger partial charge in [0.25, 0.3) is 0 Å². The number of carbonyl (C=O) groups excluding carboxylic acids is 1. The third-order valence-corrected chi connectivity index (χ3v) is 6.39. The van der Waals surface area contributed by atoms with E-state index < -0.39 is 39.5 Å². The molecule has 1 heterocycles. The highest BCUT2D eigenvalue weighted by Crippen LogP contribution is 2.34. The number of nitrogens with zero attached hydrogens (tertiary/aromatic N) is 1. The van der Waals surface area contributed by atoms with Gasteiger partial charge in [-0.05, 0) is 67.0 Å². The monoisotopic (exact) mass is 513 g/mol. The predicted molar refractivity (Wildman–Crippen MR) is 125 cm³/mol. The van der Waals surface area contributed by atoms with E-state index in [4.69, 9.17) is 0 Å². The summed E-state index contributed by atoms with van der Waals surface area (Å²) in [5.41, 5.74) is 0.490. The third-order valence-electron chi connectivity index (χ3n) is 5.80. The summed E-state index contributed by atoms with van der Waals surface area (Å²) in [5, 5.41) is 2.70. The average Bonchev–Trinajstić information content (AvgIpc) is 2.76. The Morgan fingerprint density at radius 2 is 1.94 bits per heavy atom. The second kappa shape index (κ2) is 10.3. The minimum absolute atomic E-state index is 0.0500. The van der Waals surface area contributed by atoms with E-state index in [2.05, 4.69) is 15.0 Å². The number of halogens is 4. The molecule has 0 radical (unpaired) electrons. The van der Waals surface area contributed by atoms with Crippen molar-refractivity contribution in [2.75, 3.05) is 11.0 Å². The van der Waals surface area contributed by atoms with Crippen LogP contribution in [0.15, 0.2) is 36.4 Å². The highest BCUT2D eigenvalue weighted by Gasteiger charge is 2.33. The van der Waals surface area contributed by atoms with Gasteiger partial charge in [-0.25, -0.2) is 17.8 Å². The quantitative estimate of drug-likeness (QED) is 0.496. The van der Waals surface area contributed by atoms with E-state index in [1.807, 2.05) is 13.0 Å². The molecule has 1 aliphatic rings. The molecule has 2 atom stereocenters. The summed E-state index contributed by atoms with van der Waals surface area (Å²) >= 11 is 0. The minimum Gasteiger partial charge on any atom is -0.351 e. The Hall–Kier alpha value is -2.95. The molecule has 0 saturated carbocycles. The standard InChI is InChI=1S/C24H27F4N3O3S/c1-14-5-4-6-17(11-14)22-18(8-10-21(30-22)24(26,27)28)13-29-23(32)15(2)16-7-9-20(19(25)12-16)31-35(3,33)34/h7-12,14-15,31H,4-6,13H2,1-3H3,(H,29,32). The Bertz CT molecular complexity index is 1240. The first-order valence-corrected chi connectivity index (χ1v) is 13.0. The summed E-state index contributed by atoms with van der Waals surface area (Å²) in [6.07, 6.45) is 0.613. The zero-order valence-electron chi connectivity index (χ0n) is 19.5. The van der Waals surface area contributed by atoms with Crippen molar-refractivity contribution in [2.24, 2.45) is 5.92 Å². The van der Waals surface area contributed by atoms with Gasteiger partial charge in [0.15, 0.2) is 0 Å². The van der Waals surface area contributed by atoms with E-state index in [9.17, 15) is 30.8 Å². The lowest BCUT2D eigenvalue weighted by Gasteiger charge is -2.21. The molecule has 2 unspecified atom stereocenters. The molecule has 35 heavy (non-hydrogen) atoms. The number of benzene rings is 1. The van der Waals surface area contributed by atoms with Crippen LogP contribution in [0.4, 0.5) is 23.2 Å². The van der Waals surface area contributed by atoms with E-state index in [0.717, 1.165) is 36.8 Å². The smallest absolute Gasteiger partial charge is 0.351 e. The van der Waals surface area contributed by atoms with Crippen LogP contribution < -0.4 is 10.0 Å². The molecule has 3 rings (SSSR count). The fourth-order valence-corrected chi connectivity index (χ4v) is 4.52. The molecule has 190 valence electrons. The van der Waals surface area contributed by atoms with Crippen molar-refractivity contribution in [1.82, 2.24) is 10.3 Å². The van der Waals surface area contributed by atoms with Crippen LogP contribution in [0.2, 0.25) is 0 Å². The molecule has 6 nitrogen and oxygen atoms in total. The Morgan fingerprint density at radius 3 is 2.54 bits per heavy atom. The van der Waals surface area contributed by atoms with Crippen molar-refractivity contribution in [3.05, 3.63) is 64.7 Å². The van der Waals surface area contributed by atoms with Crippen LogP contribution in [-0.2, 0) is 27.5 Å². The summed E-state index contributed by atoms with van der Waals surface area (Å²) in [4.78, 5) is 16.6. The third kappa shape index (κ3) is 7.03.